The van der Waals surface area contributed by atoms with Crippen molar-refractivity contribution in [3.8, 4) is 0 Å². The number of nitrogens with zero attached hydrogens (tertiary/aromatic N) is 3. The van der Waals surface area contributed by atoms with Crippen LogP contribution in [0.4, 0.5) is 13.6 Å². The number of halogens is 2. The first-order chi connectivity index (χ1) is 12.7. The third-order valence-electron chi connectivity index (χ3n) is 4.49. The van der Waals surface area contributed by atoms with Gasteiger partial charge in [-0.05, 0) is 37.5 Å². The van der Waals surface area contributed by atoms with E-state index in [-0.39, 0.29) is 18.0 Å². The van der Waals surface area contributed by atoms with Crippen LogP contribution >= 0.6 is 0 Å². The van der Waals surface area contributed by atoms with Crippen molar-refractivity contribution in [2.45, 2.75) is 45.7 Å². The van der Waals surface area contributed by atoms with Gasteiger partial charge in [-0.25, -0.2) is 13.6 Å². The lowest BCUT2D eigenvalue weighted by molar-refractivity contribution is -0.131. The van der Waals surface area contributed by atoms with E-state index in [1.54, 1.807) is 0 Å². The Kier molecular flexibility index (Phi) is 4.95. The van der Waals surface area contributed by atoms with Gasteiger partial charge < -0.3 is 9.84 Å². The number of carbonyl (C=O) groups is 2. The summed E-state index contributed by atoms with van der Waals surface area (Å²) in [7, 11) is 0. The van der Waals surface area contributed by atoms with Crippen LogP contribution in [-0.4, -0.2) is 27.0 Å². The summed E-state index contributed by atoms with van der Waals surface area (Å²) in [6.45, 7) is 5.22. The van der Waals surface area contributed by atoms with Crippen molar-refractivity contribution < 1.29 is 22.9 Å². The van der Waals surface area contributed by atoms with Gasteiger partial charge in [-0.1, -0.05) is 19.0 Å². The van der Waals surface area contributed by atoms with Gasteiger partial charge in [-0.3, -0.25) is 9.69 Å². The Morgan fingerprint density at radius 3 is 2.74 bits per heavy atom. The van der Waals surface area contributed by atoms with Crippen molar-refractivity contribution in [3.63, 3.8) is 0 Å². The maximum absolute atomic E-state index is 14.1. The van der Waals surface area contributed by atoms with Crippen LogP contribution in [0.5, 0.6) is 0 Å². The van der Waals surface area contributed by atoms with Crippen LogP contribution < -0.4 is 5.32 Å². The zero-order chi connectivity index (χ0) is 19.8. The highest BCUT2D eigenvalue weighted by molar-refractivity contribution is 6.07. The molecule has 3 amide bonds. The summed E-state index contributed by atoms with van der Waals surface area (Å²) < 4.78 is 32.8. The molecule has 2 heterocycles. The Labute approximate surface area is 154 Å². The van der Waals surface area contributed by atoms with Gasteiger partial charge in [-0.15, -0.1) is 0 Å². The van der Waals surface area contributed by atoms with Crippen LogP contribution in [0.1, 0.15) is 44.5 Å². The van der Waals surface area contributed by atoms with Gasteiger partial charge in [-0.2, -0.15) is 4.98 Å². The van der Waals surface area contributed by atoms with Gasteiger partial charge in [0.15, 0.2) is 5.82 Å². The van der Waals surface area contributed by atoms with Crippen molar-refractivity contribution in [1.82, 2.24) is 20.4 Å². The summed E-state index contributed by atoms with van der Waals surface area (Å²) in [6.07, 6.45) is 1.49. The predicted molar refractivity (Wildman–Crippen MR) is 90.2 cm³/mol. The fraction of sp³-hybridized carbons (Fsp3) is 0.444. The first-order valence-electron chi connectivity index (χ1n) is 8.62. The molecule has 3 rings (SSSR count). The van der Waals surface area contributed by atoms with E-state index in [9.17, 15) is 18.4 Å². The SMILES string of the molecule is CC(C)CCc1noc(CN2C(=O)NC(C)(c3cc(F)ccc3F)C2=O)n1. The molecule has 0 spiro atoms. The van der Waals surface area contributed by atoms with Gasteiger partial charge in [0.25, 0.3) is 5.91 Å². The number of amides is 3. The molecule has 1 N–H and O–H groups in total. The Morgan fingerprint density at radius 1 is 1.30 bits per heavy atom. The third-order valence-corrected chi connectivity index (χ3v) is 4.49. The van der Waals surface area contributed by atoms with Crippen LogP contribution in [-0.2, 0) is 23.3 Å². The van der Waals surface area contributed by atoms with E-state index in [0.29, 0.717) is 18.2 Å². The topological polar surface area (TPSA) is 88.3 Å². The number of imide groups is 1. The Bertz CT molecular complexity index is 883. The summed E-state index contributed by atoms with van der Waals surface area (Å²) in [6, 6.07) is 2.01. The average Bonchev–Trinajstić information content (AvgIpc) is 3.14. The molecule has 7 nitrogen and oxygen atoms in total. The van der Waals surface area contributed by atoms with E-state index < -0.39 is 29.1 Å². The van der Waals surface area contributed by atoms with E-state index in [1.165, 1.54) is 6.92 Å². The largest absolute Gasteiger partial charge is 0.337 e. The predicted octanol–water partition coefficient (Wildman–Crippen LogP) is 2.90. The van der Waals surface area contributed by atoms with Crippen LogP contribution in [0.15, 0.2) is 22.7 Å². The van der Waals surface area contributed by atoms with Gasteiger partial charge >= 0.3 is 6.03 Å². The van der Waals surface area contributed by atoms with E-state index in [1.807, 2.05) is 0 Å². The first kappa shape index (κ1) is 18.9. The molecule has 1 aromatic carbocycles. The monoisotopic (exact) mass is 378 g/mol. The zero-order valence-electron chi connectivity index (χ0n) is 15.3. The first-order valence-corrected chi connectivity index (χ1v) is 8.62. The summed E-state index contributed by atoms with van der Waals surface area (Å²) in [5, 5.41) is 6.26. The summed E-state index contributed by atoms with van der Waals surface area (Å²) >= 11 is 0. The zero-order valence-corrected chi connectivity index (χ0v) is 15.3. The highest BCUT2D eigenvalue weighted by Gasteiger charge is 2.50. The highest BCUT2D eigenvalue weighted by atomic mass is 19.1. The van der Waals surface area contributed by atoms with Crippen molar-refractivity contribution in [1.29, 1.82) is 0 Å². The molecular formula is C18H20F2N4O3. The maximum Gasteiger partial charge on any atom is 0.325 e. The molecule has 0 saturated carbocycles. The molecule has 2 aromatic rings. The minimum Gasteiger partial charge on any atom is -0.337 e. The lowest BCUT2D eigenvalue weighted by atomic mass is 9.91. The van der Waals surface area contributed by atoms with Crippen LogP contribution in [0.25, 0.3) is 0 Å². The average molecular weight is 378 g/mol. The Morgan fingerprint density at radius 2 is 2.04 bits per heavy atom. The highest BCUT2D eigenvalue weighted by Crippen LogP contribution is 2.31. The second-order valence-corrected chi connectivity index (χ2v) is 7.11. The fourth-order valence-corrected chi connectivity index (χ4v) is 2.91. The standard InChI is InChI=1S/C18H20F2N4O3/c1-10(2)4-7-14-21-15(27-23-14)9-24-16(25)18(3,22-17(24)26)12-8-11(19)5-6-13(12)20/h5-6,8,10H,4,7,9H2,1-3H3,(H,22,26). The molecule has 144 valence electrons. The molecule has 0 aliphatic carbocycles. The second kappa shape index (κ2) is 7.05. The van der Waals surface area contributed by atoms with Gasteiger partial charge in [0.05, 0.1) is 0 Å². The normalized spacial score (nSPS) is 19.9. The lowest BCUT2D eigenvalue weighted by Gasteiger charge is -2.22. The van der Waals surface area contributed by atoms with Crippen molar-refractivity contribution >= 4 is 11.9 Å². The quantitative estimate of drug-likeness (QED) is 0.781. The van der Waals surface area contributed by atoms with Crippen LogP contribution in [0.2, 0.25) is 0 Å². The number of aryl methyl sites for hydroxylation is 1. The van der Waals surface area contributed by atoms with Crippen molar-refractivity contribution in [2.75, 3.05) is 0 Å². The van der Waals surface area contributed by atoms with Gasteiger partial charge in [0.2, 0.25) is 5.89 Å². The van der Waals surface area contributed by atoms with E-state index in [2.05, 4.69) is 29.3 Å². The number of benzene rings is 1. The number of rotatable bonds is 6. The molecule has 1 aliphatic heterocycles. The smallest absolute Gasteiger partial charge is 0.325 e. The van der Waals surface area contributed by atoms with Crippen molar-refractivity contribution in [2.24, 2.45) is 5.92 Å². The van der Waals surface area contributed by atoms with Gasteiger partial charge in [0, 0.05) is 12.0 Å². The minimum atomic E-state index is -1.72. The molecule has 1 unspecified atom stereocenters. The maximum atomic E-state index is 14.1. The van der Waals surface area contributed by atoms with Crippen molar-refractivity contribution in [3.05, 3.63) is 47.1 Å². The van der Waals surface area contributed by atoms with Gasteiger partial charge in [0.1, 0.15) is 23.7 Å². The molecule has 1 saturated heterocycles. The molecule has 1 fully saturated rings. The molecule has 27 heavy (non-hydrogen) atoms. The number of hydrogen-bond acceptors (Lipinski definition) is 5. The number of hydrogen-bond donors (Lipinski definition) is 1. The number of carbonyl (C=O) groups excluding carboxylic acids is 2. The summed E-state index contributed by atoms with van der Waals surface area (Å²) in [5.74, 6) is -1.16. The lowest BCUT2D eigenvalue weighted by Crippen LogP contribution is -2.41. The molecule has 0 radical (unpaired) electrons. The molecular weight excluding hydrogens is 358 g/mol. The van der Waals surface area contributed by atoms with Crippen LogP contribution in [0.3, 0.4) is 0 Å². The number of urea groups is 1. The molecule has 0 bridgehead atoms. The van der Waals surface area contributed by atoms with E-state index in [4.69, 9.17) is 4.52 Å². The third kappa shape index (κ3) is 3.67. The fourth-order valence-electron chi connectivity index (χ4n) is 2.91. The molecule has 1 aromatic heterocycles. The number of aromatic nitrogens is 2. The Hall–Kier alpha value is -2.84. The summed E-state index contributed by atoms with van der Waals surface area (Å²) in [4.78, 5) is 30.1. The second-order valence-electron chi connectivity index (χ2n) is 7.11. The molecule has 1 atom stereocenters. The molecule has 9 heteroatoms. The molecule has 1 aliphatic rings. The Balaban J connectivity index is 1.79. The van der Waals surface area contributed by atoms with E-state index >= 15 is 0 Å². The number of nitrogens with one attached hydrogen (secondary N) is 1. The summed E-state index contributed by atoms with van der Waals surface area (Å²) in [5.41, 5.74) is -1.96. The minimum absolute atomic E-state index is 0.0984. The van der Waals surface area contributed by atoms with E-state index in [0.717, 1.165) is 29.5 Å². The van der Waals surface area contributed by atoms with Crippen LogP contribution in [0, 0.1) is 17.6 Å².